The summed E-state index contributed by atoms with van der Waals surface area (Å²) in [4.78, 5) is 35.4. The number of ether oxygens (including phenoxy) is 2. The predicted octanol–water partition coefficient (Wildman–Crippen LogP) is 1.61. The van der Waals surface area contributed by atoms with E-state index in [0.29, 0.717) is 61.7 Å². The minimum absolute atomic E-state index is 0.102. The molecule has 1 fully saturated rings. The molecule has 232 valence electrons. The van der Waals surface area contributed by atoms with E-state index in [1.54, 1.807) is 12.1 Å². The van der Waals surface area contributed by atoms with E-state index in [4.69, 9.17) is 32.5 Å². The van der Waals surface area contributed by atoms with Gasteiger partial charge in [0.25, 0.3) is 0 Å². The Kier molecular flexibility index (Phi) is 10.6. The smallest absolute Gasteiger partial charge is 0.407 e. The molecule has 3 atom stereocenters. The molecule has 16 nitrogen and oxygen atoms in total. The number of esters is 1. The number of carbonyl (C=O) groups is 2. The van der Waals surface area contributed by atoms with E-state index < -0.39 is 30.3 Å². The average molecular weight is 625 g/mol. The van der Waals surface area contributed by atoms with Gasteiger partial charge in [0.15, 0.2) is 17.2 Å². The molecule has 17 heteroatoms. The molecule has 1 unspecified atom stereocenters. The van der Waals surface area contributed by atoms with Crippen LogP contribution < -0.4 is 32.3 Å². The predicted molar refractivity (Wildman–Crippen MR) is 161 cm³/mol. The standard InChI is InChI=1S/C27H33ClN12O4/c1-3-33-23-24-34-13-16(12-31)40(24)38-26(37-23)35-19-9-15(11-30)10-20(22(19)28)39-8-6-18(36-27(42)43-2)21(14-39)44-25(41)17(32)5-4-7-29/h9-10,13,17-18,21H,3-8,14,29,32H2,1-2H3,(H,36,42)(H2,33,35,37,38)/t17?,18-,21-/m1/s1. The molecule has 44 heavy (non-hydrogen) atoms. The van der Waals surface area contributed by atoms with Gasteiger partial charge >= 0.3 is 12.1 Å². The lowest BCUT2D eigenvalue weighted by molar-refractivity contribution is -0.152. The number of benzene rings is 1. The normalized spacial score (nSPS) is 16.8. The number of alkyl carbamates (subject to hydrolysis) is 1. The van der Waals surface area contributed by atoms with E-state index in [9.17, 15) is 20.1 Å². The highest BCUT2D eigenvalue weighted by Crippen LogP contribution is 2.37. The number of imidazole rings is 1. The molecular formula is C27H33ClN12O4. The van der Waals surface area contributed by atoms with Gasteiger partial charge in [0, 0.05) is 13.1 Å². The highest BCUT2D eigenvalue weighted by atomic mass is 35.5. The summed E-state index contributed by atoms with van der Waals surface area (Å²) in [6.07, 6.45) is 1.18. The minimum Gasteiger partial charge on any atom is -0.457 e. The Morgan fingerprint density at radius 3 is 2.77 bits per heavy atom. The van der Waals surface area contributed by atoms with Crippen LogP contribution in [-0.4, -0.2) is 83.1 Å². The zero-order valence-electron chi connectivity index (χ0n) is 24.2. The Bertz CT molecular complexity index is 1600. The maximum Gasteiger partial charge on any atom is 0.407 e. The summed E-state index contributed by atoms with van der Waals surface area (Å²) >= 11 is 6.90. The zero-order chi connectivity index (χ0) is 31.8. The number of hydrogen-bond acceptors (Lipinski definition) is 14. The highest BCUT2D eigenvalue weighted by molar-refractivity contribution is 6.36. The van der Waals surface area contributed by atoms with Gasteiger partial charge in [0.1, 0.15) is 18.2 Å². The Morgan fingerprint density at radius 2 is 2.09 bits per heavy atom. The van der Waals surface area contributed by atoms with Crippen LogP contribution in [-0.2, 0) is 14.3 Å². The lowest BCUT2D eigenvalue weighted by atomic mass is 10.00. The van der Waals surface area contributed by atoms with E-state index in [2.05, 4.69) is 37.1 Å². The largest absolute Gasteiger partial charge is 0.457 e. The van der Waals surface area contributed by atoms with Crippen LogP contribution in [0.4, 0.5) is 27.9 Å². The maximum atomic E-state index is 12.8. The van der Waals surface area contributed by atoms with Gasteiger partial charge in [-0.3, -0.25) is 4.79 Å². The molecule has 2 aromatic heterocycles. The molecule has 0 saturated carbocycles. The molecule has 0 bridgehead atoms. The topological polar surface area (TPSA) is 235 Å². The van der Waals surface area contributed by atoms with Gasteiger partial charge < -0.3 is 41.8 Å². The van der Waals surface area contributed by atoms with E-state index in [0.717, 1.165) is 0 Å². The van der Waals surface area contributed by atoms with Crippen molar-refractivity contribution in [3.05, 3.63) is 34.6 Å². The van der Waals surface area contributed by atoms with Gasteiger partial charge in [-0.05, 0) is 44.9 Å². The number of hydrogen-bond donors (Lipinski definition) is 5. The number of rotatable bonds is 11. The van der Waals surface area contributed by atoms with Gasteiger partial charge in [-0.2, -0.15) is 20.0 Å². The summed E-state index contributed by atoms with van der Waals surface area (Å²) in [6.45, 7) is 3.34. The second-order valence-corrected chi connectivity index (χ2v) is 10.3. The fourth-order valence-electron chi connectivity index (χ4n) is 4.73. The lowest BCUT2D eigenvalue weighted by Gasteiger charge is -2.40. The molecule has 4 rings (SSSR count). The molecule has 1 aromatic carbocycles. The molecule has 1 aliphatic rings. The summed E-state index contributed by atoms with van der Waals surface area (Å²) in [5.41, 5.74) is 13.2. The van der Waals surface area contributed by atoms with Crippen LogP contribution in [0.5, 0.6) is 0 Å². The lowest BCUT2D eigenvalue weighted by Crippen LogP contribution is -2.56. The molecule has 1 aliphatic heterocycles. The van der Waals surface area contributed by atoms with Gasteiger partial charge in [0.05, 0.1) is 53.9 Å². The maximum absolute atomic E-state index is 12.8. The van der Waals surface area contributed by atoms with Crippen molar-refractivity contribution in [2.24, 2.45) is 11.5 Å². The third-order valence-corrected chi connectivity index (χ3v) is 7.33. The number of fused-ring (bicyclic) bond motifs is 1. The number of amides is 1. The van der Waals surface area contributed by atoms with Crippen LogP contribution in [0.1, 0.15) is 37.4 Å². The first-order chi connectivity index (χ1) is 21.2. The van der Waals surface area contributed by atoms with Gasteiger partial charge in [-0.1, -0.05) is 11.6 Å². The summed E-state index contributed by atoms with van der Waals surface area (Å²) in [5, 5.41) is 32.8. The number of nitriles is 2. The number of aromatic nitrogens is 4. The first-order valence-corrected chi connectivity index (χ1v) is 14.3. The molecular weight excluding hydrogens is 592 g/mol. The van der Waals surface area contributed by atoms with Gasteiger partial charge in [0.2, 0.25) is 5.95 Å². The number of nitrogens with one attached hydrogen (secondary N) is 3. The van der Waals surface area contributed by atoms with Crippen LogP contribution in [0.3, 0.4) is 0 Å². The molecule has 3 aromatic rings. The van der Waals surface area contributed by atoms with Crippen molar-refractivity contribution >= 4 is 52.5 Å². The number of nitrogens with two attached hydrogens (primary N) is 2. The number of anilines is 4. The van der Waals surface area contributed by atoms with Crippen molar-refractivity contribution in [2.75, 3.05) is 48.8 Å². The number of piperidine rings is 1. The monoisotopic (exact) mass is 624 g/mol. The van der Waals surface area contributed by atoms with Crippen LogP contribution >= 0.6 is 11.6 Å². The Labute approximate surface area is 258 Å². The van der Waals surface area contributed by atoms with Crippen LogP contribution in [0.2, 0.25) is 5.02 Å². The second-order valence-electron chi connectivity index (χ2n) is 9.89. The fourth-order valence-corrected chi connectivity index (χ4v) is 5.01. The van der Waals surface area contributed by atoms with Crippen molar-refractivity contribution in [3.8, 4) is 12.1 Å². The Morgan fingerprint density at radius 1 is 1.30 bits per heavy atom. The van der Waals surface area contributed by atoms with E-state index in [-0.39, 0.29) is 28.8 Å². The highest BCUT2D eigenvalue weighted by Gasteiger charge is 2.35. The first-order valence-electron chi connectivity index (χ1n) is 13.9. The van der Waals surface area contributed by atoms with Crippen molar-refractivity contribution < 1.29 is 19.1 Å². The number of halogens is 1. The van der Waals surface area contributed by atoms with Crippen LogP contribution in [0.25, 0.3) is 5.65 Å². The van der Waals surface area contributed by atoms with Crippen molar-refractivity contribution in [1.29, 1.82) is 10.5 Å². The van der Waals surface area contributed by atoms with Gasteiger partial charge in [-0.25, -0.2) is 9.78 Å². The number of carbonyl (C=O) groups excluding carboxylic acids is 2. The summed E-state index contributed by atoms with van der Waals surface area (Å²) in [7, 11) is 1.24. The third kappa shape index (κ3) is 7.17. The molecule has 3 heterocycles. The second kappa shape index (κ2) is 14.5. The molecule has 1 amide bonds. The Balaban J connectivity index is 1.65. The first kappa shape index (κ1) is 32.0. The minimum atomic E-state index is -0.879. The summed E-state index contributed by atoms with van der Waals surface area (Å²) in [5.74, 6) is -0.125. The molecule has 1 saturated heterocycles. The number of methoxy groups -OCH3 is 1. The molecule has 0 aliphatic carbocycles. The van der Waals surface area contributed by atoms with Crippen molar-refractivity contribution in [1.82, 2.24) is 24.9 Å². The van der Waals surface area contributed by atoms with Crippen LogP contribution in [0.15, 0.2) is 18.3 Å². The van der Waals surface area contributed by atoms with Crippen LogP contribution in [0, 0.1) is 22.7 Å². The zero-order valence-corrected chi connectivity index (χ0v) is 25.0. The molecule has 7 N–H and O–H groups in total. The van der Waals surface area contributed by atoms with Crippen molar-refractivity contribution in [3.63, 3.8) is 0 Å². The SMILES string of the molecule is CCNc1nc(Nc2cc(C#N)cc(N3CC[C@@H](NC(=O)OC)[C@H](OC(=O)C(N)CCCN)C3)c2Cl)nn2c(C#N)cnc12. The van der Waals surface area contributed by atoms with E-state index >= 15 is 0 Å². The summed E-state index contributed by atoms with van der Waals surface area (Å²) < 4.78 is 11.9. The Hall–Kier alpha value is -4.90. The fraction of sp³-hybridized carbons (Fsp3) is 0.444. The van der Waals surface area contributed by atoms with E-state index in [1.807, 2.05) is 17.9 Å². The third-order valence-electron chi connectivity index (χ3n) is 6.93. The molecule has 0 spiro atoms. The summed E-state index contributed by atoms with van der Waals surface area (Å²) in [6, 6.07) is 5.90. The molecule has 0 radical (unpaired) electrons. The van der Waals surface area contributed by atoms with E-state index in [1.165, 1.54) is 17.8 Å². The van der Waals surface area contributed by atoms with Crippen molar-refractivity contribution in [2.45, 2.75) is 44.4 Å². The van der Waals surface area contributed by atoms with Gasteiger partial charge in [-0.15, -0.1) is 5.10 Å². The number of nitrogens with zero attached hydrogens (tertiary/aromatic N) is 7. The quantitative estimate of drug-likeness (QED) is 0.191. The average Bonchev–Trinajstić information content (AvgIpc) is 3.45.